The molecule has 2 rings (SSSR count). The van der Waals surface area contributed by atoms with Crippen LogP contribution in [-0.4, -0.2) is 4.07 Å². The van der Waals surface area contributed by atoms with Crippen LogP contribution in [0.2, 0.25) is 0 Å². The molecule has 14 heavy (non-hydrogen) atoms. The van der Waals surface area contributed by atoms with E-state index in [-0.39, 0.29) is 0 Å². The van der Waals surface area contributed by atoms with E-state index in [2.05, 4.69) is 48.5 Å². The summed E-state index contributed by atoms with van der Waals surface area (Å²) in [6.45, 7) is 0. The minimum absolute atomic E-state index is 1.30. The minimum atomic E-state index is 1.30. The third kappa shape index (κ3) is 2.06. The van der Waals surface area contributed by atoms with E-state index in [1.165, 1.54) is 15.2 Å². The topological polar surface area (TPSA) is 0 Å². The molecule has 0 N–H and O–H groups in total. The maximum absolute atomic E-state index is 2.15. The van der Waals surface area contributed by atoms with Crippen molar-refractivity contribution in [3.63, 3.8) is 0 Å². The average Bonchev–Trinajstić information content (AvgIpc) is 2.30. The summed E-state index contributed by atoms with van der Waals surface area (Å²) in [6.07, 6.45) is 0. The average molecular weight is 356 g/mol. The fourth-order valence-electron chi connectivity index (χ4n) is 1.33. The van der Waals surface area contributed by atoms with Crippen LogP contribution in [0.3, 0.4) is 0 Å². The third-order valence-electron chi connectivity index (χ3n) is 2.04. The summed E-state index contributed by atoms with van der Waals surface area (Å²) in [7, 11) is 0. The Balaban J connectivity index is 2.35. The molecule has 2 aromatic carbocycles. The second-order valence-corrected chi connectivity index (χ2v) is 4.30. The molecular weight excluding hydrogens is 346 g/mol. The van der Waals surface area contributed by atoms with Crippen molar-refractivity contribution in [1.29, 1.82) is 0 Å². The molecule has 0 saturated heterocycles. The van der Waals surface area contributed by atoms with E-state index in [4.69, 9.17) is 0 Å². The van der Waals surface area contributed by atoms with Crippen LogP contribution < -0.4 is 0 Å². The molecule has 0 bridgehead atoms. The predicted molar refractivity (Wildman–Crippen MR) is 56.1 cm³/mol. The zero-order valence-corrected chi connectivity index (χ0v) is 10.2. The maximum atomic E-state index is 2.15. The molecule has 0 nitrogen and oxygen atoms in total. The summed E-state index contributed by atoms with van der Waals surface area (Å²) >= 11 is 1.94. The Morgan fingerprint density at radius 3 is 1.36 bits per heavy atom. The number of hydrogen-bond donors (Lipinski definition) is 0. The molecule has 0 spiro atoms. The van der Waals surface area contributed by atoms with Gasteiger partial charge >= 0.3 is 94.0 Å². The van der Waals surface area contributed by atoms with Crippen LogP contribution in [0.15, 0.2) is 60.7 Å². The first-order chi connectivity index (χ1) is 6.88. The van der Waals surface area contributed by atoms with Gasteiger partial charge in [-0.3, -0.25) is 0 Å². The van der Waals surface area contributed by atoms with E-state index in [9.17, 15) is 0 Å². The standard InChI is InChI=1S/C13H10.Os/c1-3-7-12(8-4-1)11-13-9-5-2-6-10-13;/h1-10H;. The van der Waals surface area contributed by atoms with Crippen molar-refractivity contribution in [2.24, 2.45) is 0 Å². The Morgan fingerprint density at radius 2 is 1.00 bits per heavy atom. The zero-order chi connectivity index (χ0) is 9.80. The second-order valence-electron chi connectivity index (χ2n) is 3.03. The van der Waals surface area contributed by atoms with Gasteiger partial charge in [0.1, 0.15) is 0 Å². The van der Waals surface area contributed by atoms with Crippen LogP contribution in [0.5, 0.6) is 0 Å². The van der Waals surface area contributed by atoms with Crippen LogP contribution in [0.1, 0.15) is 11.1 Å². The van der Waals surface area contributed by atoms with E-state index in [1.807, 2.05) is 30.3 Å². The van der Waals surface area contributed by atoms with Crippen molar-refractivity contribution in [2.75, 3.05) is 0 Å². The molecule has 0 radical (unpaired) electrons. The number of hydrogen-bond acceptors (Lipinski definition) is 0. The molecule has 1 heteroatoms. The molecule has 2 aromatic rings. The van der Waals surface area contributed by atoms with Gasteiger partial charge in [0.15, 0.2) is 0 Å². The van der Waals surface area contributed by atoms with Gasteiger partial charge < -0.3 is 0 Å². The summed E-state index contributed by atoms with van der Waals surface area (Å²) in [5.41, 5.74) is 2.61. The molecule has 0 fully saturated rings. The van der Waals surface area contributed by atoms with Crippen molar-refractivity contribution >= 4 is 4.07 Å². The first-order valence-electron chi connectivity index (χ1n) is 4.50. The van der Waals surface area contributed by atoms with E-state index in [0.29, 0.717) is 0 Å². The fourth-order valence-corrected chi connectivity index (χ4v) is 2.17. The van der Waals surface area contributed by atoms with Crippen molar-refractivity contribution in [3.05, 3.63) is 71.8 Å². The summed E-state index contributed by atoms with van der Waals surface area (Å²) in [5.74, 6) is 0. The van der Waals surface area contributed by atoms with Gasteiger partial charge in [-0.15, -0.1) is 0 Å². The summed E-state index contributed by atoms with van der Waals surface area (Å²) in [5, 5.41) is 0. The molecule has 0 saturated carbocycles. The van der Waals surface area contributed by atoms with Crippen molar-refractivity contribution in [3.8, 4) is 0 Å². The van der Waals surface area contributed by atoms with E-state index in [0.717, 1.165) is 0 Å². The molecule has 0 aliphatic rings. The van der Waals surface area contributed by atoms with E-state index < -0.39 is 0 Å². The summed E-state index contributed by atoms with van der Waals surface area (Å²) in [4.78, 5) is 0. The Hall–Kier alpha value is -1.05. The third-order valence-corrected chi connectivity index (χ3v) is 3.51. The van der Waals surface area contributed by atoms with Crippen molar-refractivity contribution < 1.29 is 18.1 Å². The molecule has 0 atom stereocenters. The van der Waals surface area contributed by atoms with Gasteiger partial charge in [0.05, 0.1) is 0 Å². The van der Waals surface area contributed by atoms with Gasteiger partial charge in [-0.2, -0.15) is 0 Å². The van der Waals surface area contributed by atoms with Gasteiger partial charge in [-0.25, -0.2) is 0 Å². The molecule has 0 unspecified atom stereocenters. The molecular formula is C13H10Os. The first kappa shape index (κ1) is 9.50. The molecule has 0 heterocycles. The van der Waals surface area contributed by atoms with Gasteiger partial charge in [0.25, 0.3) is 0 Å². The Morgan fingerprint density at radius 1 is 0.643 bits per heavy atom. The van der Waals surface area contributed by atoms with Crippen LogP contribution >= 0.6 is 0 Å². The van der Waals surface area contributed by atoms with Crippen LogP contribution in [-0.2, 0) is 18.1 Å². The van der Waals surface area contributed by atoms with Crippen LogP contribution in [0, 0.1) is 0 Å². The Labute approximate surface area is 94.0 Å². The predicted octanol–water partition coefficient (Wildman–Crippen LogP) is 2.80. The van der Waals surface area contributed by atoms with Crippen LogP contribution in [0.25, 0.3) is 0 Å². The van der Waals surface area contributed by atoms with Gasteiger partial charge in [-0.1, -0.05) is 0 Å². The van der Waals surface area contributed by atoms with E-state index in [1.54, 1.807) is 0 Å². The van der Waals surface area contributed by atoms with Crippen molar-refractivity contribution in [2.45, 2.75) is 0 Å². The monoisotopic (exact) mass is 358 g/mol. The van der Waals surface area contributed by atoms with Gasteiger partial charge in [0, 0.05) is 0 Å². The quantitative estimate of drug-likeness (QED) is 0.776. The number of benzene rings is 2. The summed E-state index contributed by atoms with van der Waals surface area (Å²) in [6, 6.07) is 21.0. The van der Waals surface area contributed by atoms with Crippen molar-refractivity contribution in [1.82, 2.24) is 0 Å². The van der Waals surface area contributed by atoms with E-state index >= 15 is 0 Å². The fraction of sp³-hybridized carbons (Fsp3) is 0. The van der Waals surface area contributed by atoms with Crippen LogP contribution in [0.4, 0.5) is 0 Å². The van der Waals surface area contributed by atoms with Gasteiger partial charge in [0.2, 0.25) is 0 Å². The molecule has 0 amide bonds. The molecule has 0 aliphatic heterocycles. The SMILES string of the molecule is [Os]=[C](c1ccccc1)c1ccccc1. The molecule has 70 valence electrons. The number of rotatable bonds is 2. The molecule has 0 aromatic heterocycles. The molecule has 0 aliphatic carbocycles. The normalized spacial score (nSPS) is 9.79. The first-order valence-corrected chi connectivity index (χ1v) is 5.77. The Bertz CT molecular complexity index is 376. The summed E-state index contributed by atoms with van der Waals surface area (Å²) < 4.78 is 1.35. The second kappa shape index (κ2) is 4.44. The van der Waals surface area contributed by atoms with Gasteiger partial charge in [-0.05, 0) is 0 Å². The Kier molecular flexibility index (Phi) is 3.02. The zero-order valence-electron chi connectivity index (χ0n) is 7.63.